The van der Waals surface area contributed by atoms with Gasteiger partial charge < -0.3 is 9.80 Å². The first-order valence-electron chi connectivity index (χ1n) is 9.94. The molecule has 2 aliphatic heterocycles. The molecule has 2 aliphatic rings. The summed E-state index contributed by atoms with van der Waals surface area (Å²) >= 11 is 0. The van der Waals surface area contributed by atoms with Crippen LogP contribution in [0.5, 0.6) is 0 Å². The number of fused-ring (bicyclic) bond motifs is 1. The number of hydrogen-bond donors (Lipinski definition) is 0. The maximum absolute atomic E-state index is 12.7. The van der Waals surface area contributed by atoms with E-state index in [-0.39, 0.29) is 24.0 Å². The maximum atomic E-state index is 12.7. The topological polar surface area (TPSA) is 83.2 Å². The molecule has 4 rings (SSSR count). The van der Waals surface area contributed by atoms with Crippen molar-refractivity contribution in [3.05, 3.63) is 34.9 Å². The van der Waals surface area contributed by atoms with E-state index in [4.69, 9.17) is 0 Å². The predicted molar refractivity (Wildman–Crippen MR) is 103 cm³/mol. The van der Waals surface area contributed by atoms with Crippen LogP contribution in [-0.4, -0.2) is 86.5 Å². The van der Waals surface area contributed by atoms with Crippen molar-refractivity contribution in [1.82, 2.24) is 28.9 Å². The maximum Gasteiger partial charge on any atom is 0.350 e. The number of likely N-dealkylation sites (tertiary alicyclic amines) is 1. The minimum atomic E-state index is -0.309. The van der Waals surface area contributed by atoms with Gasteiger partial charge in [-0.1, -0.05) is 6.07 Å². The molecule has 150 valence electrons. The SMILES string of the molecule is O=C(CN1CCCN(C(=O)Cn2nc3ccccn3c2=O)CC1)N1CCCC1. The van der Waals surface area contributed by atoms with Crippen LogP contribution in [0.15, 0.2) is 29.2 Å². The smallest absolute Gasteiger partial charge is 0.342 e. The van der Waals surface area contributed by atoms with Gasteiger partial charge in [-0.3, -0.25) is 18.9 Å². The highest BCUT2D eigenvalue weighted by molar-refractivity contribution is 5.78. The van der Waals surface area contributed by atoms with Gasteiger partial charge in [0.25, 0.3) is 0 Å². The highest BCUT2D eigenvalue weighted by atomic mass is 16.2. The summed E-state index contributed by atoms with van der Waals surface area (Å²) in [4.78, 5) is 43.3. The van der Waals surface area contributed by atoms with Crippen LogP contribution in [0, 0.1) is 0 Å². The molecule has 0 aliphatic carbocycles. The van der Waals surface area contributed by atoms with E-state index in [9.17, 15) is 14.4 Å². The molecule has 2 saturated heterocycles. The fraction of sp³-hybridized carbons (Fsp3) is 0.579. The number of nitrogens with zero attached hydrogens (tertiary/aromatic N) is 6. The molecule has 9 nitrogen and oxygen atoms in total. The minimum absolute atomic E-state index is 0.0623. The van der Waals surface area contributed by atoms with Gasteiger partial charge >= 0.3 is 5.69 Å². The van der Waals surface area contributed by atoms with Crippen molar-refractivity contribution in [2.45, 2.75) is 25.8 Å². The lowest BCUT2D eigenvalue weighted by molar-refractivity contribution is -0.132. The van der Waals surface area contributed by atoms with Gasteiger partial charge in [-0.15, -0.1) is 5.10 Å². The third kappa shape index (κ3) is 3.94. The zero-order chi connectivity index (χ0) is 19.5. The quantitative estimate of drug-likeness (QED) is 0.718. The Morgan fingerprint density at radius 1 is 0.857 bits per heavy atom. The fourth-order valence-electron chi connectivity index (χ4n) is 3.94. The lowest BCUT2D eigenvalue weighted by Gasteiger charge is -2.23. The first kappa shape index (κ1) is 18.7. The van der Waals surface area contributed by atoms with E-state index >= 15 is 0 Å². The normalized spacial score (nSPS) is 18.6. The molecule has 2 aromatic heterocycles. The van der Waals surface area contributed by atoms with E-state index in [0.29, 0.717) is 31.8 Å². The van der Waals surface area contributed by atoms with Gasteiger partial charge in [0.15, 0.2) is 5.65 Å². The van der Waals surface area contributed by atoms with Crippen molar-refractivity contribution >= 4 is 17.5 Å². The summed E-state index contributed by atoms with van der Waals surface area (Å²) in [7, 11) is 0. The third-order valence-electron chi connectivity index (χ3n) is 5.53. The van der Waals surface area contributed by atoms with Crippen LogP contribution in [0.25, 0.3) is 5.65 Å². The number of carbonyl (C=O) groups is 2. The van der Waals surface area contributed by atoms with E-state index in [2.05, 4.69) is 10.00 Å². The van der Waals surface area contributed by atoms with Crippen molar-refractivity contribution in [3.63, 3.8) is 0 Å². The molecule has 2 amide bonds. The summed E-state index contributed by atoms with van der Waals surface area (Å²) in [5.74, 6) is 0.0757. The molecule has 0 spiro atoms. The Hall–Kier alpha value is -2.68. The molecule has 0 saturated carbocycles. The highest BCUT2D eigenvalue weighted by Gasteiger charge is 2.24. The Kier molecular flexibility index (Phi) is 5.43. The van der Waals surface area contributed by atoms with Crippen LogP contribution < -0.4 is 5.69 Å². The van der Waals surface area contributed by atoms with Crippen LogP contribution in [-0.2, 0) is 16.1 Å². The molecule has 4 heterocycles. The number of hydrogen-bond acceptors (Lipinski definition) is 5. The summed E-state index contributed by atoms with van der Waals surface area (Å²) in [6.07, 6.45) is 4.65. The van der Waals surface area contributed by atoms with Crippen LogP contribution in [0.1, 0.15) is 19.3 Å². The van der Waals surface area contributed by atoms with Gasteiger partial charge in [-0.2, -0.15) is 0 Å². The average Bonchev–Trinajstić information content (AvgIpc) is 3.27. The second kappa shape index (κ2) is 8.14. The Bertz CT molecular complexity index is 914. The molecule has 0 unspecified atom stereocenters. The van der Waals surface area contributed by atoms with E-state index in [0.717, 1.165) is 38.9 Å². The van der Waals surface area contributed by atoms with Crippen molar-refractivity contribution in [3.8, 4) is 0 Å². The van der Waals surface area contributed by atoms with Gasteiger partial charge in [-0.05, 0) is 31.4 Å². The number of pyridine rings is 1. The zero-order valence-electron chi connectivity index (χ0n) is 16.0. The lowest BCUT2D eigenvalue weighted by Crippen LogP contribution is -2.42. The fourth-order valence-corrected chi connectivity index (χ4v) is 3.94. The molecule has 0 N–H and O–H groups in total. The molecular formula is C19H26N6O3. The number of rotatable bonds is 4. The van der Waals surface area contributed by atoms with Crippen LogP contribution in [0.3, 0.4) is 0 Å². The monoisotopic (exact) mass is 386 g/mol. The number of carbonyl (C=O) groups excluding carboxylic acids is 2. The average molecular weight is 386 g/mol. The van der Waals surface area contributed by atoms with Crippen LogP contribution in [0.2, 0.25) is 0 Å². The molecule has 0 radical (unpaired) electrons. The molecule has 2 fully saturated rings. The Labute approximate surface area is 163 Å². The van der Waals surface area contributed by atoms with Gasteiger partial charge in [0.2, 0.25) is 11.8 Å². The third-order valence-corrected chi connectivity index (χ3v) is 5.53. The van der Waals surface area contributed by atoms with E-state index in [1.807, 2.05) is 4.90 Å². The number of amides is 2. The first-order chi connectivity index (χ1) is 13.6. The predicted octanol–water partition coefficient (Wildman–Crippen LogP) is -0.347. The summed E-state index contributed by atoms with van der Waals surface area (Å²) in [6.45, 7) is 4.77. The van der Waals surface area contributed by atoms with E-state index in [1.54, 1.807) is 29.3 Å². The van der Waals surface area contributed by atoms with Crippen LogP contribution >= 0.6 is 0 Å². The Morgan fingerprint density at radius 2 is 1.57 bits per heavy atom. The van der Waals surface area contributed by atoms with Crippen molar-refractivity contribution < 1.29 is 9.59 Å². The lowest BCUT2D eigenvalue weighted by atomic mass is 10.3. The molecule has 0 aromatic carbocycles. The highest BCUT2D eigenvalue weighted by Crippen LogP contribution is 2.10. The van der Waals surface area contributed by atoms with E-state index < -0.39 is 0 Å². The summed E-state index contributed by atoms with van der Waals surface area (Å²) < 4.78 is 2.65. The standard InChI is InChI=1S/C19H26N6O3/c26-17(22-8-3-4-9-22)14-21-7-5-10-23(13-12-21)18(27)15-25-19(28)24-11-2-1-6-16(24)20-25/h1-2,6,11H,3-5,7-10,12-15H2. The summed E-state index contributed by atoms with van der Waals surface area (Å²) in [6, 6.07) is 5.30. The molecular weight excluding hydrogens is 360 g/mol. The van der Waals surface area contributed by atoms with E-state index in [1.165, 1.54) is 9.08 Å². The Morgan fingerprint density at radius 3 is 2.36 bits per heavy atom. The molecule has 9 heteroatoms. The van der Waals surface area contributed by atoms with Gasteiger partial charge in [0, 0.05) is 45.5 Å². The van der Waals surface area contributed by atoms with Crippen molar-refractivity contribution in [2.75, 3.05) is 45.8 Å². The number of aromatic nitrogens is 3. The Balaban J connectivity index is 1.34. The minimum Gasteiger partial charge on any atom is -0.342 e. The van der Waals surface area contributed by atoms with Crippen LogP contribution in [0.4, 0.5) is 0 Å². The van der Waals surface area contributed by atoms with Crippen molar-refractivity contribution in [2.24, 2.45) is 0 Å². The molecule has 2 aromatic rings. The second-order valence-corrected chi connectivity index (χ2v) is 7.47. The molecule has 0 atom stereocenters. The summed E-state index contributed by atoms with van der Waals surface area (Å²) in [5.41, 5.74) is 0.222. The van der Waals surface area contributed by atoms with Crippen molar-refractivity contribution in [1.29, 1.82) is 0 Å². The van der Waals surface area contributed by atoms with Gasteiger partial charge in [-0.25, -0.2) is 9.48 Å². The molecule has 0 bridgehead atoms. The molecule has 28 heavy (non-hydrogen) atoms. The largest absolute Gasteiger partial charge is 0.350 e. The summed E-state index contributed by atoms with van der Waals surface area (Å²) in [5, 5.41) is 4.23. The van der Waals surface area contributed by atoms with Gasteiger partial charge in [0.1, 0.15) is 6.54 Å². The zero-order valence-corrected chi connectivity index (χ0v) is 16.0. The van der Waals surface area contributed by atoms with Gasteiger partial charge in [0.05, 0.1) is 6.54 Å². The first-order valence-corrected chi connectivity index (χ1v) is 9.94. The second-order valence-electron chi connectivity index (χ2n) is 7.47.